The Morgan fingerprint density at radius 2 is 2.00 bits per heavy atom. The first-order valence-electron chi connectivity index (χ1n) is 4.84. The fraction of sp³-hybridized carbons (Fsp3) is 0.900. The van der Waals surface area contributed by atoms with Gasteiger partial charge in [0.05, 0.1) is 0 Å². The molecule has 1 rings (SSSR count). The van der Waals surface area contributed by atoms with Crippen molar-refractivity contribution in [3.05, 3.63) is 0 Å². The zero-order valence-corrected chi connectivity index (χ0v) is 7.95. The second-order valence-corrected chi connectivity index (χ2v) is 3.96. The Kier molecular flexibility index (Phi) is 3.57. The van der Waals surface area contributed by atoms with E-state index in [1.807, 2.05) is 0 Å². The van der Waals surface area contributed by atoms with E-state index in [-0.39, 0.29) is 6.10 Å². The van der Waals surface area contributed by atoms with Gasteiger partial charge in [0, 0.05) is 0 Å². The Labute approximate surface area is 74.3 Å². The third-order valence-corrected chi connectivity index (χ3v) is 2.84. The molecule has 0 saturated heterocycles. The molecule has 12 heavy (non-hydrogen) atoms. The first-order valence-corrected chi connectivity index (χ1v) is 4.84. The lowest BCUT2D eigenvalue weighted by molar-refractivity contribution is -0.138. The maximum absolute atomic E-state index is 10.2. The molecule has 70 valence electrons. The fourth-order valence-electron chi connectivity index (χ4n) is 2.13. The van der Waals surface area contributed by atoms with E-state index in [2.05, 4.69) is 13.8 Å². The van der Waals surface area contributed by atoms with Gasteiger partial charge in [-0.2, -0.15) is 0 Å². The third kappa shape index (κ3) is 2.23. The predicted molar refractivity (Wildman–Crippen MR) is 47.7 cm³/mol. The first kappa shape index (κ1) is 9.56. The lowest BCUT2D eigenvalue weighted by Gasteiger charge is -2.32. The van der Waals surface area contributed by atoms with Crippen LogP contribution in [0.1, 0.15) is 39.5 Å². The van der Waals surface area contributed by atoms with E-state index >= 15 is 0 Å². The zero-order valence-electron chi connectivity index (χ0n) is 7.95. The summed E-state index contributed by atoms with van der Waals surface area (Å²) in [6.45, 7) is 5.01. The highest BCUT2D eigenvalue weighted by molar-refractivity contribution is 5.37. The van der Waals surface area contributed by atoms with Crippen molar-refractivity contribution in [2.45, 2.75) is 45.6 Å². The molecule has 0 aliphatic heterocycles. The van der Waals surface area contributed by atoms with Gasteiger partial charge in [-0.15, -0.1) is 0 Å². The van der Waals surface area contributed by atoms with Gasteiger partial charge in [0.25, 0.3) is 6.47 Å². The van der Waals surface area contributed by atoms with E-state index in [1.165, 1.54) is 19.3 Å². The van der Waals surface area contributed by atoms with Crippen molar-refractivity contribution in [3.8, 4) is 0 Å². The normalized spacial score (nSPS) is 30.2. The van der Waals surface area contributed by atoms with Crippen molar-refractivity contribution in [2.75, 3.05) is 0 Å². The van der Waals surface area contributed by atoms with Crippen molar-refractivity contribution in [1.82, 2.24) is 0 Å². The molecule has 0 amide bonds. The number of ether oxygens (including phenoxy) is 1. The summed E-state index contributed by atoms with van der Waals surface area (Å²) in [5.74, 6) is 1.22. The smallest absolute Gasteiger partial charge is 0.293 e. The molecular weight excluding hydrogens is 152 g/mol. The molecular formula is C10H18O2. The Hall–Kier alpha value is -0.530. The molecule has 1 aliphatic carbocycles. The number of hydrogen-bond donors (Lipinski definition) is 0. The molecule has 0 heterocycles. The number of rotatable bonds is 3. The summed E-state index contributed by atoms with van der Waals surface area (Å²) in [6, 6.07) is 0. The molecule has 0 aromatic rings. The fourth-order valence-corrected chi connectivity index (χ4v) is 2.13. The average molecular weight is 170 g/mol. The molecule has 1 saturated carbocycles. The SMILES string of the molecule is CC(C)C1CCCCC1OC=O. The van der Waals surface area contributed by atoms with E-state index in [0.29, 0.717) is 18.3 Å². The Morgan fingerprint density at radius 1 is 1.33 bits per heavy atom. The molecule has 1 fully saturated rings. The summed E-state index contributed by atoms with van der Waals surface area (Å²) in [4.78, 5) is 10.2. The molecule has 0 aromatic carbocycles. The molecule has 1 aliphatic rings. The minimum Gasteiger partial charge on any atom is -0.464 e. The number of hydrogen-bond acceptors (Lipinski definition) is 2. The summed E-state index contributed by atoms with van der Waals surface area (Å²) >= 11 is 0. The molecule has 0 aromatic heterocycles. The highest BCUT2D eigenvalue weighted by atomic mass is 16.5. The van der Waals surface area contributed by atoms with Crippen LogP contribution in [0.4, 0.5) is 0 Å². The van der Waals surface area contributed by atoms with Gasteiger partial charge in [-0.25, -0.2) is 0 Å². The summed E-state index contributed by atoms with van der Waals surface area (Å²) in [7, 11) is 0. The van der Waals surface area contributed by atoms with E-state index in [1.54, 1.807) is 0 Å². The molecule has 0 radical (unpaired) electrons. The highest BCUT2D eigenvalue weighted by Crippen LogP contribution is 2.31. The zero-order chi connectivity index (χ0) is 8.97. The van der Waals surface area contributed by atoms with Crippen LogP contribution in [0.2, 0.25) is 0 Å². The lowest BCUT2D eigenvalue weighted by atomic mass is 9.79. The number of carbonyl (C=O) groups excluding carboxylic acids is 1. The second-order valence-electron chi connectivity index (χ2n) is 3.96. The van der Waals surface area contributed by atoms with Crippen molar-refractivity contribution in [3.63, 3.8) is 0 Å². The predicted octanol–water partition coefficient (Wildman–Crippen LogP) is 2.37. The van der Waals surface area contributed by atoms with Gasteiger partial charge < -0.3 is 4.74 Å². The van der Waals surface area contributed by atoms with Gasteiger partial charge in [0.15, 0.2) is 0 Å². The van der Waals surface area contributed by atoms with Gasteiger partial charge in [0.1, 0.15) is 6.10 Å². The molecule has 0 spiro atoms. The average Bonchev–Trinajstić information content (AvgIpc) is 2.05. The van der Waals surface area contributed by atoms with Crippen LogP contribution in [0, 0.1) is 11.8 Å². The molecule has 2 unspecified atom stereocenters. The van der Waals surface area contributed by atoms with Crippen LogP contribution in [0.15, 0.2) is 0 Å². The minimum atomic E-state index is 0.191. The van der Waals surface area contributed by atoms with E-state index in [0.717, 1.165) is 6.42 Å². The summed E-state index contributed by atoms with van der Waals surface area (Å²) in [5.41, 5.74) is 0. The van der Waals surface area contributed by atoms with Crippen LogP contribution in [-0.4, -0.2) is 12.6 Å². The summed E-state index contributed by atoms with van der Waals surface area (Å²) in [6.07, 6.45) is 4.97. The van der Waals surface area contributed by atoms with Gasteiger partial charge in [0.2, 0.25) is 0 Å². The summed E-state index contributed by atoms with van der Waals surface area (Å²) in [5, 5.41) is 0. The molecule has 2 heteroatoms. The Morgan fingerprint density at radius 3 is 2.58 bits per heavy atom. The Balaban J connectivity index is 2.47. The molecule has 2 nitrogen and oxygen atoms in total. The topological polar surface area (TPSA) is 26.3 Å². The van der Waals surface area contributed by atoms with E-state index in [4.69, 9.17) is 4.74 Å². The van der Waals surface area contributed by atoms with Gasteiger partial charge in [-0.3, -0.25) is 4.79 Å². The maximum Gasteiger partial charge on any atom is 0.293 e. The lowest BCUT2D eigenvalue weighted by Crippen LogP contribution is -2.30. The van der Waals surface area contributed by atoms with Crippen LogP contribution in [0.5, 0.6) is 0 Å². The van der Waals surface area contributed by atoms with Gasteiger partial charge in [-0.05, 0) is 31.1 Å². The van der Waals surface area contributed by atoms with Crippen LogP contribution >= 0.6 is 0 Å². The van der Waals surface area contributed by atoms with Gasteiger partial charge in [-0.1, -0.05) is 20.3 Å². The Bertz CT molecular complexity index is 143. The number of carbonyl (C=O) groups is 1. The largest absolute Gasteiger partial charge is 0.464 e. The van der Waals surface area contributed by atoms with Gasteiger partial charge >= 0.3 is 0 Å². The minimum absolute atomic E-state index is 0.191. The summed E-state index contributed by atoms with van der Waals surface area (Å²) < 4.78 is 5.08. The van der Waals surface area contributed by atoms with Crippen molar-refractivity contribution in [2.24, 2.45) is 11.8 Å². The monoisotopic (exact) mass is 170 g/mol. The molecule has 0 N–H and O–H groups in total. The van der Waals surface area contributed by atoms with Crippen LogP contribution < -0.4 is 0 Å². The maximum atomic E-state index is 10.2. The van der Waals surface area contributed by atoms with E-state index < -0.39 is 0 Å². The van der Waals surface area contributed by atoms with Crippen LogP contribution in [0.3, 0.4) is 0 Å². The van der Waals surface area contributed by atoms with Crippen LogP contribution in [-0.2, 0) is 9.53 Å². The standard InChI is InChI=1S/C10H18O2/c1-8(2)9-5-3-4-6-10(9)12-7-11/h7-10H,3-6H2,1-2H3. The quantitative estimate of drug-likeness (QED) is 0.608. The van der Waals surface area contributed by atoms with Crippen LogP contribution in [0.25, 0.3) is 0 Å². The highest BCUT2D eigenvalue weighted by Gasteiger charge is 2.28. The van der Waals surface area contributed by atoms with E-state index in [9.17, 15) is 4.79 Å². The second kappa shape index (κ2) is 4.48. The first-order chi connectivity index (χ1) is 5.75. The van der Waals surface area contributed by atoms with Crippen molar-refractivity contribution in [1.29, 1.82) is 0 Å². The van der Waals surface area contributed by atoms with Crippen molar-refractivity contribution < 1.29 is 9.53 Å². The molecule has 2 atom stereocenters. The van der Waals surface area contributed by atoms with Crippen molar-refractivity contribution >= 4 is 6.47 Å². The third-order valence-electron chi connectivity index (χ3n) is 2.84. The molecule has 0 bridgehead atoms.